The molecule has 0 heterocycles. The van der Waals surface area contributed by atoms with Gasteiger partial charge >= 0.3 is 8.32 Å². The Morgan fingerprint density at radius 3 is 2.00 bits per heavy atom. The summed E-state index contributed by atoms with van der Waals surface area (Å²) in [6.45, 7) is 10.9. The minimum Gasteiger partial charge on any atom is -0.538 e. The van der Waals surface area contributed by atoms with E-state index in [4.69, 9.17) is 4.43 Å². The van der Waals surface area contributed by atoms with Gasteiger partial charge in [0, 0.05) is 6.42 Å². The summed E-state index contributed by atoms with van der Waals surface area (Å²) in [4.78, 5) is 0. The van der Waals surface area contributed by atoms with Crippen LogP contribution in [0.5, 0.6) is 0 Å². The molecule has 1 atom stereocenters. The lowest BCUT2D eigenvalue weighted by Crippen LogP contribution is -2.58. The Morgan fingerprint density at radius 1 is 1.00 bits per heavy atom. The van der Waals surface area contributed by atoms with Crippen molar-refractivity contribution in [1.29, 1.82) is 0 Å². The molecular formula is C23H28OSi. The molecule has 0 fully saturated rings. The average molecular weight is 349 g/mol. The molecule has 0 unspecified atom stereocenters. The number of benzene rings is 2. The average Bonchev–Trinajstić information content (AvgIpc) is 2.64. The van der Waals surface area contributed by atoms with Crippen molar-refractivity contribution < 1.29 is 4.43 Å². The van der Waals surface area contributed by atoms with Gasteiger partial charge in [0.2, 0.25) is 0 Å². The van der Waals surface area contributed by atoms with Crippen LogP contribution in [-0.2, 0) is 4.43 Å². The van der Waals surface area contributed by atoms with Crippen LogP contribution in [0.2, 0.25) is 6.55 Å². The van der Waals surface area contributed by atoms with E-state index in [2.05, 4.69) is 87.6 Å². The van der Waals surface area contributed by atoms with E-state index in [1.165, 1.54) is 33.7 Å². The Kier molecular flexibility index (Phi) is 5.29. The molecule has 0 aliphatic heterocycles. The minimum absolute atomic E-state index is 0.545. The molecule has 1 aliphatic carbocycles. The fourth-order valence-electron chi connectivity index (χ4n) is 3.62. The predicted octanol–water partition coefficient (Wildman–Crippen LogP) is 5.04. The molecule has 2 aromatic carbocycles. The van der Waals surface area contributed by atoms with Gasteiger partial charge in [0.1, 0.15) is 0 Å². The van der Waals surface area contributed by atoms with Crippen LogP contribution in [0.4, 0.5) is 0 Å². The molecule has 0 aromatic heterocycles. The van der Waals surface area contributed by atoms with Gasteiger partial charge in [-0.25, -0.2) is 0 Å². The molecule has 0 N–H and O–H groups in total. The fraction of sp³-hybridized carbons (Fsp3) is 0.304. The molecule has 0 saturated carbocycles. The van der Waals surface area contributed by atoms with Crippen molar-refractivity contribution in [3.63, 3.8) is 0 Å². The summed E-state index contributed by atoms with van der Waals surface area (Å²) in [5.74, 6) is 1.74. The van der Waals surface area contributed by atoms with Crippen LogP contribution in [0.15, 0.2) is 84.1 Å². The summed E-state index contributed by atoms with van der Waals surface area (Å²) in [6, 6.07) is 21.5. The van der Waals surface area contributed by atoms with E-state index in [0.717, 1.165) is 12.8 Å². The van der Waals surface area contributed by atoms with Gasteiger partial charge in [0.15, 0.2) is 0 Å². The third-order valence-electron chi connectivity index (χ3n) is 5.45. The molecular weight excluding hydrogens is 320 g/mol. The molecule has 25 heavy (non-hydrogen) atoms. The van der Waals surface area contributed by atoms with Crippen LogP contribution >= 0.6 is 0 Å². The second kappa shape index (κ2) is 7.45. The molecule has 0 bridgehead atoms. The normalized spacial score (nSPS) is 18.1. The van der Waals surface area contributed by atoms with Gasteiger partial charge in [-0.3, -0.25) is 0 Å². The SMILES string of the molecule is C=C(C)[C@H]1CCC(C)=C(O[Si](C)(c2ccccc2)c2ccccc2)C1. The fourth-order valence-corrected chi connectivity index (χ4v) is 6.60. The molecule has 2 heteroatoms. The first kappa shape index (κ1) is 17.8. The van der Waals surface area contributed by atoms with Gasteiger partial charge < -0.3 is 4.43 Å². The number of rotatable bonds is 5. The first-order valence-electron chi connectivity index (χ1n) is 9.15. The minimum atomic E-state index is -2.28. The van der Waals surface area contributed by atoms with Gasteiger partial charge in [-0.1, -0.05) is 72.8 Å². The lowest BCUT2D eigenvalue weighted by molar-refractivity contribution is 0.346. The van der Waals surface area contributed by atoms with Gasteiger partial charge in [-0.15, -0.1) is 0 Å². The number of hydrogen-bond donors (Lipinski definition) is 0. The maximum atomic E-state index is 6.92. The molecule has 1 nitrogen and oxygen atoms in total. The molecule has 0 spiro atoms. The van der Waals surface area contributed by atoms with Gasteiger partial charge in [-0.2, -0.15) is 0 Å². The molecule has 3 rings (SSSR count). The monoisotopic (exact) mass is 348 g/mol. The van der Waals surface area contributed by atoms with Crippen molar-refractivity contribution in [2.24, 2.45) is 5.92 Å². The van der Waals surface area contributed by atoms with Gasteiger partial charge in [0.25, 0.3) is 0 Å². The van der Waals surface area contributed by atoms with Crippen LogP contribution in [0.1, 0.15) is 33.1 Å². The molecule has 0 amide bonds. The summed E-state index contributed by atoms with van der Waals surface area (Å²) >= 11 is 0. The van der Waals surface area contributed by atoms with E-state index in [-0.39, 0.29) is 0 Å². The zero-order valence-electron chi connectivity index (χ0n) is 15.6. The van der Waals surface area contributed by atoms with Crippen molar-refractivity contribution in [3.8, 4) is 0 Å². The third kappa shape index (κ3) is 3.79. The maximum Gasteiger partial charge on any atom is 0.311 e. The van der Waals surface area contributed by atoms with E-state index < -0.39 is 8.32 Å². The van der Waals surface area contributed by atoms with Crippen molar-refractivity contribution in [2.45, 2.75) is 39.7 Å². The molecule has 0 saturated heterocycles. The van der Waals surface area contributed by atoms with Gasteiger partial charge in [0.05, 0.1) is 5.76 Å². The van der Waals surface area contributed by atoms with Crippen LogP contribution in [0.3, 0.4) is 0 Å². The highest BCUT2D eigenvalue weighted by Crippen LogP contribution is 2.34. The summed E-state index contributed by atoms with van der Waals surface area (Å²) in [7, 11) is -2.28. The quantitative estimate of drug-likeness (QED) is 0.543. The van der Waals surface area contributed by atoms with Crippen molar-refractivity contribution >= 4 is 18.7 Å². The molecule has 2 aromatic rings. The third-order valence-corrected chi connectivity index (χ3v) is 8.97. The number of allylic oxidation sites excluding steroid dienone is 3. The second-order valence-corrected chi connectivity index (χ2v) is 10.8. The van der Waals surface area contributed by atoms with Crippen LogP contribution in [-0.4, -0.2) is 8.32 Å². The van der Waals surface area contributed by atoms with Crippen molar-refractivity contribution in [2.75, 3.05) is 0 Å². The zero-order valence-corrected chi connectivity index (χ0v) is 16.6. The molecule has 0 radical (unpaired) electrons. The Hall–Kier alpha value is -2.06. The van der Waals surface area contributed by atoms with E-state index in [0.29, 0.717) is 5.92 Å². The van der Waals surface area contributed by atoms with E-state index in [1.807, 2.05) is 0 Å². The highest BCUT2D eigenvalue weighted by Gasteiger charge is 2.37. The number of hydrogen-bond acceptors (Lipinski definition) is 1. The van der Waals surface area contributed by atoms with Crippen LogP contribution in [0, 0.1) is 5.92 Å². The lowest BCUT2D eigenvalue weighted by atomic mass is 9.85. The van der Waals surface area contributed by atoms with E-state index in [1.54, 1.807) is 0 Å². The second-order valence-electron chi connectivity index (χ2n) is 7.36. The lowest BCUT2D eigenvalue weighted by Gasteiger charge is -2.35. The van der Waals surface area contributed by atoms with E-state index >= 15 is 0 Å². The summed E-state index contributed by atoms with van der Waals surface area (Å²) in [6.07, 6.45) is 3.30. The highest BCUT2D eigenvalue weighted by molar-refractivity contribution is 6.96. The first-order valence-corrected chi connectivity index (χ1v) is 11.6. The van der Waals surface area contributed by atoms with Crippen LogP contribution < -0.4 is 10.4 Å². The standard InChI is InChI=1S/C23H28OSi/c1-18(2)20-16-15-19(3)23(17-20)24-25(4,21-11-7-5-8-12-21)22-13-9-6-10-14-22/h5-14,20H,1,15-17H2,2-4H3/t20-/m0/s1. The predicted molar refractivity (Wildman–Crippen MR) is 110 cm³/mol. The maximum absolute atomic E-state index is 6.92. The molecule has 1 aliphatic rings. The summed E-state index contributed by atoms with van der Waals surface area (Å²) < 4.78 is 6.92. The highest BCUT2D eigenvalue weighted by atomic mass is 28.4. The van der Waals surface area contributed by atoms with Gasteiger partial charge in [-0.05, 0) is 55.1 Å². The Balaban J connectivity index is 2.00. The topological polar surface area (TPSA) is 9.23 Å². The van der Waals surface area contributed by atoms with Crippen molar-refractivity contribution in [1.82, 2.24) is 0 Å². The molecule has 130 valence electrons. The Morgan fingerprint density at radius 2 is 1.52 bits per heavy atom. The Labute approximate surface area is 153 Å². The smallest absolute Gasteiger partial charge is 0.311 e. The first-order chi connectivity index (χ1) is 12.0. The summed E-state index contributed by atoms with van der Waals surface area (Å²) in [5.41, 5.74) is 2.68. The van der Waals surface area contributed by atoms with Crippen LogP contribution in [0.25, 0.3) is 0 Å². The largest absolute Gasteiger partial charge is 0.538 e. The zero-order chi connectivity index (χ0) is 17.9. The van der Waals surface area contributed by atoms with Crippen molar-refractivity contribution in [3.05, 3.63) is 84.1 Å². The Bertz CT molecular complexity index is 722. The van der Waals surface area contributed by atoms with E-state index in [9.17, 15) is 0 Å². The summed E-state index contributed by atoms with van der Waals surface area (Å²) in [5, 5.41) is 2.64.